The summed E-state index contributed by atoms with van der Waals surface area (Å²) in [6.07, 6.45) is 1.46. The minimum absolute atomic E-state index is 0.228. The average Bonchev–Trinajstić information content (AvgIpc) is 3.10. The van der Waals surface area contributed by atoms with Crippen molar-refractivity contribution < 1.29 is 9.53 Å². The second-order valence-corrected chi connectivity index (χ2v) is 7.30. The number of carbonyl (C=O) groups excluding carboxylic acids is 1. The Morgan fingerprint density at radius 1 is 1.52 bits per heavy atom. The van der Waals surface area contributed by atoms with Gasteiger partial charge in [0.1, 0.15) is 0 Å². The van der Waals surface area contributed by atoms with E-state index in [1.807, 2.05) is 6.92 Å². The highest BCUT2D eigenvalue weighted by Gasteiger charge is 2.23. The van der Waals surface area contributed by atoms with E-state index in [0.29, 0.717) is 32.2 Å². The van der Waals surface area contributed by atoms with Crippen LogP contribution in [0.1, 0.15) is 30.7 Å². The van der Waals surface area contributed by atoms with E-state index in [4.69, 9.17) is 10.5 Å². The van der Waals surface area contributed by atoms with Crippen molar-refractivity contribution in [3.05, 3.63) is 22.4 Å². The summed E-state index contributed by atoms with van der Waals surface area (Å²) < 4.78 is 5.03. The smallest absolute Gasteiger partial charge is 0.409 e. The Balaban J connectivity index is 1.80. The molecule has 1 unspecified atom stereocenters. The molecule has 1 aromatic heterocycles. The molecule has 1 amide bonds. The van der Waals surface area contributed by atoms with Gasteiger partial charge in [-0.3, -0.25) is 4.99 Å². The molecule has 0 aromatic carbocycles. The van der Waals surface area contributed by atoms with Crippen molar-refractivity contribution in [2.45, 2.75) is 31.8 Å². The number of carbonyl (C=O) groups is 1. The molecule has 1 fully saturated rings. The van der Waals surface area contributed by atoms with E-state index in [2.05, 4.69) is 46.8 Å². The van der Waals surface area contributed by atoms with E-state index in [0.717, 1.165) is 12.8 Å². The van der Waals surface area contributed by atoms with Crippen LogP contribution in [0.5, 0.6) is 0 Å². The van der Waals surface area contributed by atoms with Crippen LogP contribution in [0, 0.1) is 0 Å². The first-order valence-electron chi connectivity index (χ1n) is 8.69. The van der Waals surface area contributed by atoms with Gasteiger partial charge in [-0.05, 0) is 45.3 Å². The molecule has 0 radical (unpaired) electrons. The number of guanidine groups is 1. The molecule has 0 bridgehead atoms. The molecule has 0 spiro atoms. The molecule has 1 aromatic rings. The first-order chi connectivity index (χ1) is 12.0. The molecule has 140 valence electrons. The van der Waals surface area contributed by atoms with Gasteiger partial charge in [0.25, 0.3) is 0 Å². The van der Waals surface area contributed by atoms with Crippen LogP contribution in [-0.4, -0.2) is 68.2 Å². The molecule has 8 heteroatoms. The van der Waals surface area contributed by atoms with Gasteiger partial charge < -0.3 is 25.6 Å². The Morgan fingerprint density at radius 2 is 2.24 bits per heavy atom. The van der Waals surface area contributed by atoms with Crippen molar-refractivity contribution in [2.75, 3.05) is 40.3 Å². The van der Waals surface area contributed by atoms with Gasteiger partial charge in [-0.15, -0.1) is 11.3 Å². The van der Waals surface area contributed by atoms with E-state index >= 15 is 0 Å². The fraction of sp³-hybridized carbons (Fsp3) is 0.647. The number of ether oxygens (including phenoxy) is 1. The fourth-order valence-electron chi connectivity index (χ4n) is 2.85. The van der Waals surface area contributed by atoms with Crippen molar-refractivity contribution in [3.63, 3.8) is 0 Å². The standard InChI is InChI=1S/C17H29N5O2S/c1-4-24-17(23)22-9-7-13(8-10-22)20-16(18)19-12-14(21(2)3)15-6-5-11-25-15/h5-6,11,13-14H,4,7-10,12H2,1-3H3,(H3,18,19,20). The lowest BCUT2D eigenvalue weighted by Crippen LogP contribution is -2.48. The van der Waals surface area contributed by atoms with Gasteiger partial charge in [0.05, 0.1) is 19.2 Å². The molecule has 0 aliphatic carbocycles. The van der Waals surface area contributed by atoms with Crippen LogP contribution in [0.4, 0.5) is 4.79 Å². The average molecular weight is 368 g/mol. The second kappa shape index (κ2) is 9.62. The lowest BCUT2D eigenvalue weighted by atomic mass is 10.1. The fourth-order valence-corrected chi connectivity index (χ4v) is 3.76. The largest absolute Gasteiger partial charge is 0.450 e. The number of nitrogens with zero attached hydrogens (tertiary/aromatic N) is 3. The van der Waals surface area contributed by atoms with Gasteiger partial charge in [0.2, 0.25) is 0 Å². The minimum atomic E-state index is -0.229. The third kappa shape index (κ3) is 5.89. The molecular formula is C17H29N5O2S. The van der Waals surface area contributed by atoms with E-state index < -0.39 is 0 Å². The number of rotatable bonds is 6. The Kier molecular flexibility index (Phi) is 7.52. The molecule has 25 heavy (non-hydrogen) atoms. The highest BCUT2D eigenvalue weighted by molar-refractivity contribution is 7.10. The van der Waals surface area contributed by atoms with Crippen molar-refractivity contribution >= 4 is 23.4 Å². The second-order valence-electron chi connectivity index (χ2n) is 6.33. The number of thiophene rings is 1. The lowest BCUT2D eigenvalue weighted by Gasteiger charge is -2.31. The summed E-state index contributed by atoms with van der Waals surface area (Å²) in [5, 5.41) is 5.36. The summed E-state index contributed by atoms with van der Waals surface area (Å²) in [4.78, 5) is 21.4. The molecular weight excluding hydrogens is 338 g/mol. The van der Waals surface area contributed by atoms with Crippen molar-refractivity contribution in [2.24, 2.45) is 10.7 Å². The van der Waals surface area contributed by atoms with E-state index in [-0.39, 0.29) is 18.2 Å². The summed E-state index contributed by atoms with van der Waals surface area (Å²) in [7, 11) is 4.10. The third-order valence-corrected chi connectivity index (χ3v) is 5.28. The molecule has 2 rings (SSSR count). The Hall–Kier alpha value is -1.80. The maximum atomic E-state index is 11.7. The van der Waals surface area contributed by atoms with Crippen LogP contribution in [0.15, 0.2) is 22.5 Å². The molecule has 1 atom stereocenters. The maximum absolute atomic E-state index is 11.7. The summed E-state index contributed by atoms with van der Waals surface area (Å²) in [6, 6.07) is 4.65. The molecule has 3 N–H and O–H groups in total. The van der Waals surface area contributed by atoms with Gasteiger partial charge in [-0.1, -0.05) is 6.07 Å². The van der Waals surface area contributed by atoms with Crippen LogP contribution in [-0.2, 0) is 4.74 Å². The van der Waals surface area contributed by atoms with Gasteiger partial charge in [0.15, 0.2) is 5.96 Å². The number of aliphatic imine (C=N–C) groups is 1. The van der Waals surface area contributed by atoms with Gasteiger partial charge in [-0.2, -0.15) is 0 Å². The van der Waals surface area contributed by atoms with Crippen LogP contribution in [0.2, 0.25) is 0 Å². The molecule has 7 nitrogen and oxygen atoms in total. The van der Waals surface area contributed by atoms with Crippen molar-refractivity contribution in [3.8, 4) is 0 Å². The number of likely N-dealkylation sites (tertiary alicyclic amines) is 1. The normalized spacial score (nSPS) is 17.6. The van der Waals surface area contributed by atoms with Gasteiger partial charge in [0, 0.05) is 24.0 Å². The highest BCUT2D eigenvalue weighted by atomic mass is 32.1. The summed E-state index contributed by atoms with van der Waals surface area (Å²) >= 11 is 1.73. The zero-order valence-corrected chi connectivity index (χ0v) is 16.1. The molecule has 1 aliphatic rings. The molecule has 2 heterocycles. The number of likely N-dealkylation sites (N-methyl/N-ethyl adjacent to an activating group) is 1. The summed E-state index contributed by atoms with van der Waals surface area (Å²) in [6.45, 7) is 4.21. The number of hydrogen-bond acceptors (Lipinski definition) is 5. The SMILES string of the molecule is CCOC(=O)N1CCC(NC(N)=NCC(c2cccs2)N(C)C)CC1. The third-order valence-electron chi connectivity index (χ3n) is 4.30. The Morgan fingerprint density at radius 3 is 2.80 bits per heavy atom. The predicted octanol–water partition coefficient (Wildman–Crippen LogP) is 1.88. The molecule has 1 aliphatic heterocycles. The molecule has 1 saturated heterocycles. The monoisotopic (exact) mass is 367 g/mol. The first kappa shape index (κ1) is 19.5. The van der Waals surface area contributed by atoms with E-state index in [1.165, 1.54) is 4.88 Å². The van der Waals surface area contributed by atoms with E-state index in [1.54, 1.807) is 16.2 Å². The van der Waals surface area contributed by atoms with Crippen LogP contribution in [0.25, 0.3) is 0 Å². The quantitative estimate of drug-likeness (QED) is 0.592. The summed E-state index contributed by atoms with van der Waals surface area (Å²) in [5.74, 6) is 0.470. The van der Waals surface area contributed by atoms with Crippen LogP contribution < -0.4 is 11.1 Å². The number of nitrogens with one attached hydrogen (secondary N) is 1. The molecule has 0 saturated carbocycles. The maximum Gasteiger partial charge on any atom is 0.409 e. The van der Waals surface area contributed by atoms with Crippen molar-refractivity contribution in [1.29, 1.82) is 0 Å². The Labute approximate surface area is 153 Å². The van der Waals surface area contributed by atoms with Gasteiger partial charge in [-0.25, -0.2) is 4.79 Å². The van der Waals surface area contributed by atoms with Gasteiger partial charge >= 0.3 is 6.09 Å². The zero-order chi connectivity index (χ0) is 18.2. The van der Waals surface area contributed by atoms with Crippen molar-refractivity contribution in [1.82, 2.24) is 15.1 Å². The number of nitrogens with two attached hydrogens (primary N) is 1. The number of piperidine rings is 1. The predicted molar refractivity (Wildman–Crippen MR) is 102 cm³/mol. The zero-order valence-electron chi connectivity index (χ0n) is 15.3. The Bertz CT molecular complexity index is 553. The minimum Gasteiger partial charge on any atom is -0.450 e. The van der Waals surface area contributed by atoms with E-state index in [9.17, 15) is 4.79 Å². The summed E-state index contributed by atoms with van der Waals surface area (Å²) in [5.41, 5.74) is 6.07. The topological polar surface area (TPSA) is 83.2 Å². The first-order valence-corrected chi connectivity index (χ1v) is 9.57. The number of amides is 1. The van der Waals surface area contributed by atoms with Crippen LogP contribution in [0.3, 0.4) is 0 Å². The number of hydrogen-bond donors (Lipinski definition) is 2. The highest BCUT2D eigenvalue weighted by Crippen LogP contribution is 2.23. The van der Waals surface area contributed by atoms with Crippen LogP contribution >= 0.6 is 11.3 Å². The lowest BCUT2D eigenvalue weighted by molar-refractivity contribution is 0.0963.